The molecule has 154 valence electrons. The number of nitrogens with one attached hydrogen (secondary N) is 2. The van der Waals surface area contributed by atoms with Crippen LogP contribution in [-0.2, 0) is 0 Å². The summed E-state index contributed by atoms with van der Waals surface area (Å²) in [4.78, 5) is 30.4. The summed E-state index contributed by atoms with van der Waals surface area (Å²) < 4.78 is 0. The van der Waals surface area contributed by atoms with Crippen molar-refractivity contribution >= 4 is 40.4 Å². The van der Waals surface area contributed by atoms with E-state index in [1.54, 1.807) is 36.5 Å². The number of benzene rings is 2. The van der Waals surface area contributed by atoms with E-state index >= 15 is 0 Å². The van der Waals surface area contributed by atoms with Gasteiger partial charge in [-0.25, -0.2) is 0 Å². The molecule has 0 aliphatic rings. The molecular weight excluding hydrogens is 430 g/mol. The number of aromatic nitrogens is 1. The highest BCUT2D eigenvalue weighted by atomic mass is 35.5. The molecule has 4 rings (SSSR count). The first kappa shape index (κ1) is 20.8. The van der Waals surface area contributed by atoms with Crippen molar-refractivity contribution in [3.8, 4) is 0 Å². The first-order valence-corrected chi connectivity index (χ1v) is 10.8. The van der Waals surface area contributed by atoms with Crippen molar-refractivity contribution in [1.29, 1.82) is 0 Å². The minimum Gasteiger partial charge on any atom is -0.340 e. The van der Waals surface area contributed by atoms with Gasteiger partial charge < -0.3 is 10.6 Å². The Balaban J connectivity index is 1.59. The van der Waals surface area contributed by atoms with Gasteiger partial charge >= 0.3 is 0 Å². The second-order valence-electron chi connectivity index (χ2n) is 6.70. The van der Waals surface area contributed by atoms with E-state index in [0.717, 1.165) is 11.3 Å². The number of anilines is 1. The molecule has 2 N–H and O–H groups in total. The number of carbonyl (C=O) groups excluding carboxylic acids is 2. The molecular formula is C24H18ClN3O2S. The van der Waals surface area contributed by atoms with Crippen molar-refractivity contribution in [1.82, 2.24) is 10.3 Å². The maximum atomic E-state index is 13.1. The molecule has 4 aromatic rings. The van der Waals surface area contributed by atoms with Gasteiger partial charge in [0.25, 0.3) is 11.8 Å². The van der Waals surface area contributed by atoms with Crippen LogP contribution in [0.4, 0.5) is 5.69 Å². The zero-order chi connectivity index (χ0) is 21.6. The van der Waals surface area contributed by atoms with Gasteiger partial charge in [0, 0.05) is 11.8 Å². The van der Waals surface area contributed by atoms with Crippen molar-refractivity contribution in [2.24, 2.45) is 0 Å². The molecule has 7 heteroatoms. The summed E-state index contributed by atoms with van der Waals surface area (Å²) in [5.41, 5.74) is 2.39. The Morgan fingerprint density at radius 1 is 0.903 bits per heavy atom. The monoisotopic (exact) mass is 447 g/mol. The predicted octanol–water partition coefficient (Wildman–Crippen LogP) is 5.57. The molecule has 0 spiro atoms. The van der Waals surface area contributed by atoms with E-state index < -0.39 is 6.04 Å². The van der Waals surface area contributed by atoms with Gasteiger partial charge in [-0.2, -0.15) is 0 Å². The molecule has 0 saturated heterocycles. The van der Waals surface area contributed by atoms with Gasteiger partial charge in [-0.15, -0.1) is 11.3 Å². The Hall–Kier alpha value is -3.48. The normalized spacial score (nSPS) is 11.5. The Morgan fingerprint density at radius 2 is 1.71 bits per heavy atom. The molecule has 0 fully saturated rings. The number of nitrogens with zero attached hydrogens (tertiary/aromatic N) is 1. The Morgan fingerprint density at radius 3 is 2.42 bits per heavy atom. The fraction of sp³-hybridized carbons (Fsp3) is 0.0417. The molecule has 1 atom stereocenters. The summed E-state index contributed by atoms with van der Waals surface area (Å²) in [7, 11) is 0. The van der Waals surface area contributed by atoms with Crippen molar-refractivity contribution in [3.63, 3.8) is 0 Å². The van der Waals surface area contributed by atoms with E-state index in [2.05, 4.69) is 15.6 Å². The van der Waals surface area contributed by atoms with E-state index in [4.69, 9.17) is 11.6 Å². The second-order valence-corrected chi connectivity index (χ2v) is 8.05. The van der Waals surface area contributed by atoms with Crippen LogP contribution >= 0.6 is 22.9 Å². The van der Waals surface area contributed by atoms with Crippen LogP contribution in [0.25, 0.3) is 0 Å². The van der Waals surface area contributed by atoms with E-state index in [1.807, 2.05) is 53.9 Å². The lowest BCUT2D eigenvalue weighted by Crippen LogP contribution is -2.30. The summed E-state index contributed by atoms with van der Waals surface area (Å²) in [6.07, 6.45) is 1.69. The zero-order valence-electron chi connectivity index (χ0n) is 16.3. The molecule has 0 aliphatic heterocycles. The molecule has 0 saturated carbocycles. The fourth-order valence-electron chi connectivity index (χ4n) is 3.09. The van der Waals surface area contributed by atoms with Crippen LogP contribution in [0.2, 0.25) is 5.02 Å². The van der Waals surface area contributed by atoms with Crippen molar-refractivity contribution < 1.29 is 9.59 Å². The highest BCUT2D eigenvalue weighted by molar-refractivity contribution is 7.12. The molecule has 2 aromatic carbocycles. The first-order valence-electron chi connectivity index (χ1n) is 9.53. The van der Waals surface area contributed by atoms with Crippen LogP contribution < -0.4 is 10.6 Å². The first-order chi connectivity index (χ1) is 15.1. The largest absolute Gasteiger partial charge is 0.340 e. The lowest BCUT2D eigenvalue weighted by atomic mass is 10.0. The average molecular weight is 448 g/mol. The van der Waals surface area contributed by atoms with Gasteiger partial charge in [0.2, 0.25) is 0 Å². The number of thiophene rings is 1. The standard InChI is InChI=1S/C24H18ClN3O2S/c25-18-12-11-17(15-20(18)27-24(30)21-10-6-14-31-21)23(29)28-22(16-7-2-1-3-8-16)19-9-4-5-13-26-19/h1-15,22H,(H,27,30)(H,28,29). The summed E-state index contributed by atoms with van der Waals surface area (Å²) in [5, 5.41) is 7.98. The molecule has 5 nitrogen and oxygen atoms in total. The predicted molar refractivity (Wildman–Crippen MR) is 124 cm³/mol. The van der Waals surface area contributed by atoms with Crippen LogP contribution in [0.1, 0.15) is 37.3 Å². The average Bonchev–Trinajstić information content (AvgIpc) is 3.35. The second kappa shape index (κ2) is 9.55. The third-order valence-electron chi connectivity index (χ3n) is 4.61. The van der Waals surface area contributed by atoms with E-state index in [1.165, 1.54) is 11.3 Å². The van der Waals surface area contributed by atoms with Crippen molar-refractivity contribution in [3.05, 3.63) is 117 Å². The van der Waals surface area contributed by atoms with Crippen molar-refractivity contribution in [2.75, 3.05) is 5.32 Å². The van der Waals surface area contributed by atoms with Crippen LogP contribution in [0.5, 0.6) is 0 Å². The molecule has 1 unspecified atom stereocenters. The van der Waals surface area contributed by atoms with E-state index in [0.29, 0.717) is 21.2 Å². The summed E-state index contributed by atoms with van der Waals surface area (Å²) in [6.45, 7) is 0. The Kier molecular flexibility index (Phi) is 6.40. The third kappa shape index (κ3) is 4.99. The van der Waals surface area contributed by atoms with Crippen LogP contribution in [0.3, 0.4) is 0 Å². The molecule has 0 bridgehead atoms. The lowest BCUT2D eigenvalue weighted by Gasteiger charge is -2.19. The topological polar surface area (TPSA) is 71.1 Å². The lowest BCUT2D eigenvalue weighted by molar-refractivity contribution is 0.0941. The number of amides is 2. The van der Waals surface area contributed by atoms with Crippen LogP contribution in [0, 0.1) is 0 Å². The van der Waals surface area contributed by atoms with Crippen molar-refractivity contribution in [2.45, 2.75) is 6.04 Å². The number of halogens is 1. The zero-order valence-corrected chi connectivity index (χ0v) is 17.9. The third-order valence-corrected chi connectivity index (χ3v) is 5.81. The Labute approximate surface area is 188 Å². The number of carbonyl (C=O) groups is 2. The summed E-state index contributed by atoms with van der Waals surface area (Å²) in [6, 6.07) is 23.1. The number of rotatable bonds is 6. The minimum absolute atomic E-state index is 0.273. The maximum absolute atomic E-state index is 13.1. The number of pyridine rings is 1. The maximum Gasteiger partial charge on any atom is 0.265 e. The van der Waals surface area contributed by atoms with Gasteiger partial charge in [0.1, 0.15) is 0 Å². The summed E-state index contributed by atoms with van der Waals surface area (Å²) >= 11 is 7.58. The van der Waals surface area contributed by atoms with Gasteiger partial charge in [0.05, 0.1) is 27.3 Å². The summed E-state index contributed by atoms with van der Waals surface area (Å²) in [5.74, 6) is -0.576. The molecule has 31 heavy (non-hydrogen) atoms. The minimum atomic E-state index is -0.422. The highest BCUT2D eigenvalue weighted by Crippen LogP contribution is 2.26. The van der Waals surface area contributed by atoms with Gasteiger partial charge in [-0.05, 0) is 47.3 Å². The van der Waals surface area contributed by atoms with Crippen LogP contribution in [-0.4, -0.2) is 16.8 Å². The molecule has 0 radical (unpaired) electrons. The molecule has 2 heterocycles. The van der Waals surface area contributed by atoms with Crippen LogP contribution in [0.15, 0.2) is 90.4 Å². The number of hydrogen-bond acceptors (Lipinski definition) is 4. The number of hydrogen-bond donors (Lipinski definition) is 2. The molecule has 2 aromatic heterocycles. The van der Waals surface area contributed by atoms with E-state index in [-0.39, 0.29) is 11.8 Å². The Bertz CT molecular complexity index is 1140. The fourth-order valence-corrected chi connectivity index (χ4v) is 3.87. The SMILES string of the molecule is O=C(NC(c1ccccc1)c1ccccn1)c1ccc(Cl)c(NC(=O)c2cccs2)c1. The molecule has 2 amide bonds. The smallest absolute Gasteiger partial charge is 0.265 e. The van der Waals surface area contributed by atoms with Gasteiger partial charge in [0.15, 0.2) is 0 Å². The molecule has 0 aliphatic carbocycles. The van der Waals surface area contributed by atoms with Gasteiger partial charge in [-0.1, -0.05) is 54.1 Å². The quantitative estimate of drug-likeness (QED) is 0.406. The highest BCUT2D eigenvalue weighted by Gasteiger charge is 2.20. The van der Waals surface area contributed by atoms with E-state index in [9.17, 15) is 9.59 Å². The van der Waals surface area contributed by atoms with Gasteiger partial charge in [-0.3, -0.25) is 14.6 Å².